The van der Waals surface area contributed by atoms with Crippen LogP contribution in [0.25, 0.3) is 0 Å². The number of fused-ring (bicyclic) bond motifs is 4. The molecule has 12 rings (SSSR count). The van der Waals surface area contributed by atoms with Gasteiger partial charge in [-0.15, -0.1) is 0 Å². The number of amides is 4. The van der Waals surface area contributed by atoms with E-state index in [1.54, 1.807) is 70.8 Å². The quantitative estimate of drug-likeness (QED) is 0.0283. The highest BCUT2D eigenvalue weighted by atomic mass is 35.5. The minimum Gasteiger partial charge on any atom is -0.508 e. The number of halogens is 2. The smallest absolute Gasteiger partial charge is 0.342 e. The van der Waals surface area contributed by atoms with Gasteiger partial charge in [0.25, 0.3) is 23.6 Å². The molecule has 136 heavy (non-hydrogen) atoms. The van der Waals surface area contributed by atoms with E-state index in [1.165, 1.54) is 12.1 Å². The predicted molar refractivity (Wildman–Crippen MR) is 516 cm³/mol. The molecule has 4 unspecified atom stereocenters. The Labute approximate surface area is 804 Å². The number of esters is 4. The molecule has 7 atom stereocenters. The Hall–Kier alpha value is -12.6. The van der Waals surface area contributed by atoms with E-state index in [-0.39, 0.29) is 190 Å². The standard InChI is InChI=1S/2C26H33ClN2O6.C26H34N2O6.C24H30N2O6/c2*1-17-8-6-10-18(2)35-26(33)24-20(25(27)22(31)15-21(24)30)14-19(11-7-9-17)28-34-16-23(32)29-12-4-3-5-13-29;1-18-8-6-10-19(2)34-26(32)25-20(15-22(29)16-23(25)30)14-21(11-7-9-18)27-33-17-24(31)28-12-4-3-5-13-28;1-17-7-5-9-19(25-32-16-22(29)26-10-3-2-4-11-26)13-18-14-20(27)15-21(28)23(18)24(30)31-12-6-8-17/h2*6-8,11,15,17-18,30-31H,3-5,9-10,12-14,16H2,1-2H3;6-8,11,15-16,18-19,29-30H,3-5,9-10,12-14,17H2,1-2H3;5-6,8-9,14-15,17,27-28H,2-4,7,10-13,16H2,1H3/b8-6+,11-7+,28-19+;8-6+,11-7+,28-19-;8-6+,11-7+,27-21-;8-6+,9-5+,25-19+/t2*17?,18-;18?,19-;/m111./s1. The number of hydrogen-bond acceptors (Lipinski definition) is 28. The van der Waals surface area contributed by atoms with Crippen molar-refractivity contribution in [3.05, 3.63) is 188 Å². The second-order valence-corrected chi connectivity index (χ2v) is 35.9. The van der Waals surface area contributed by atoms with Crippen LogP contribution >= 0.6 is 23.2 Å². The number of hydrogen-bond donors (Lipinski definition) is 8. The van der Waals surface area contributed by atoms with Crippen molar-refractivity contribution in [2.75, 3.05) is 85.4 Å². The van der Waals surface area contributed by atoms with Crippen LogP contribution < -0.4 is 0 Å². The van der Waals surface area contributed by atoms with E-state index in [4.69, 9.17) is 61.5 Å². The Morgan fingerprint density at radius 3 is 0.897 bits per heavy atom. The second kappa shape index (κ2) is 55.4. The van der Waals surface area contributed by atoms with E-state index in [2.05, 4.69) is 47.5 Å². The van der Waals surface area contributed by atoms with Gasteiger partial charge in [-0.1, -0.05) is 144 Å². The van der Waals surface area contributed by atoms with Crippen LogP contribution in [0.3, 0.4) is 0 Å². The van der Waals surface area contributed by atoms with Crippen molar-refractivity contribution in [2.24, 2.45) is 44.3 Å². The molecule has 4 fully saturated rings. The summed E-state index contributed by atoms with van der Waals surface area (Å²) in [5, 5.41) is 98.3. The number of benzene rings is 4. The summed E-state index contributed by atoms with van der Waals surface area (Å²) in [7, 11) is 0. The second-order valence-electron chi connectivity index (χ2n) is 35.2. The number of phenols is 8. The molecule has 34 heteroatoms. The van der Waals surface area contributed by atoms with Crippen molar-refractivity contribution in [1.29, 1.82) is 0 Å². The zero-order valence-electron chi connectivity index (χ0n) is 78.6. The zero-order valence-corrected chi connectivity index (χ0v) is 80.2. The number of oxime groups is 4. The predicted octanol–water partition coefficient (Wildman–Crippen LogP) is 17.0. The number of rotatable bonds is 12. The van der Waals surface area contributed by atoms with Gasteiger partial charge in [0, 0.05) is 122 Å². The Morgan fingerprint density at radius 2 is 0.596 bits per heavy atom. The molecule has 32 nitrogen and oxygen atoms in total. The van der Waals surface area contributed by atoms with Crippen molar-refractivity contribution in [3.63, 3.8) is 0 Å². The Kier molecular flexibility index (Phi) is 43.7. The molecular formula is C102H130Cl2N8O24. The molecule has 4 amide bonds. The molecular weight excluding hydrogens is 1790 g/mol. The van der Waals surface area contributed by atoms with Gasteiger partial charge in [-0.05, 0) is 206 Å². The fourth-order valence-electron chi connectivity index (χ4n) is 16.0. The van der Waals surface area contributed by atoms with Crippen molar-refractivity contribution in [1.82, 2.24) is 19.6 Å². The van der Waals surface area contributed by atoms with Crippen LogP contribution in [-0.2, 0) is 83.2 Å². The molecule has 0 aliphatic carbocycles. The summed E-state index contributed by atoms with van der Waals surface area (Å²) in [4.78, 5) is 130. The van der Waals surface area contributed by atoms with Crippen LogP contribution in [0.4, 0.5) is 0 Å². The van der Waals surface area contributed by atoms with Crippen LogP contribution in [0.1, 0.15) is 234 Å². The van der Waals surface area contributed by atoms with Crippen LogP contribution in [0.2, 0.25) is 10.0 Å². The lowest BCUT2D eigenvalue weighted by Crippen LogP contribution is -2.37. The third-order valence-corrected chi connectivity index (χ3v) is 24.2. The highest BCUT2D eigenvalue weighted by Crippen LogP contribution is 2.41. The maximum atomic E-state index is 12.9. The number of carbonyl (C=O) groups excluding carboxylic acids is 8. The SMILES string of the molecule is CC1/C=C/COC(=O)c2c(O)cc(O)cc2CC(=N/OCC(=O)N2CCCCC2)/C=C/C1.CC1/C=C/C[C@@H](C)OC(=O)c2c(O)cc(O)c(Cl)c2CC(=N/OCC(=O)N2CCCCC2)/C=C/C1.CC1/C=C/C[C@@H](C)OC(=O)c2c(O)cc(O)c(Cl)c2CC(=N\OCC(=O)N2CCCCC2)/C=C/C1.CC1/C=C/C[C@@H](C)OC(=O)c2c(O)cc(O)cc2CC(=N\OCC(=O)N2CCCCC2)/C=C/C1. The van der Waals surface area contributed by atoms with Gasteiger partial charge in [0.1, 0.15) is 93.2 Å². The third-order valence-electron chi connectivity index (χ3n) is 23.4. The number of carbonyl (C=O) groups is 8. The number of phenolic OH excluding ortho intramolecular Hbond substituents is 8. The van der Waals surface area contributed by atoms with Gasteiger partial charge in [-0.25, -0.2) is 19.2 Å². The Balaban J connectivity index is 0.000000203. The van der Waals surface area contributed by atoms with Crippen molar-refractivity contribution in [2.45, 2.75) is 214 Å². The summed E-state index contributed by atoms with van der Waals surface area (Å²) in [6, 6.07) is 7.01. The maximum absolute atomic E-state index is 12.9. The number of piperidine rings is 4. The largest absolute Gasteiger partial charge is 0.508 e. The maximum Gasteiger partial charge on any atom is 0.342 e. The third kappa shape index (κ3) is 35.0. The van der Waals surface area contributed by atoms with Crippen molar-refractivity contribution < 1.29 is 118 Å². The van der Waals surface area contributed by atoms with Gasteiger partial charge in [0.2, 0.25) is 0 Å². The summed E-state index contributed by atoms with van der Waals surface area (Å²) in [6.45, 7) is 18.7. The molecule has 736 valence electrons. The molecule has 8 N–H and O–H groups in total. The van der Waals surface area contributed by atoms with E-state index < -0.39 is 47.6 Å². The molecule has 0 radical (unpaired) electrons. The van der Waals surface area contributed by atoms with E-state index in [9.17, 15) is 79.2 Å². The summed E-state index contributed by atoms with van der Waals surface area (Å²) >= 11 is 12.7. The topological polar surface area (TPSA) is 435 Å². The molecule has 4 saturated heterocycles. The minimum absolute atomic E-state index is 0.0236. The Morgan fingerprint density at radius 1 is 0.331 bits per heavy atom. The van der Waals surface area contributed by atoms with Gasteiger partial charge in [-0.3, -0.25) is 19.2 Å². The van der Waals surface area contributed by atoms with Gasteiger partial charge in [0.15, 0.2) is 26.4 Å². The molecule has 0 saturated carbocycles. The number of cyclic esters (lactones) is 4. The molecule has 0 spiro atoms. The zero-order chi connectivity index (χ0) is 98.2. The molecule has 8 heterocycles. The molecule has 4 aromatic carbocycles. The van der Waals surface area contributed by atoms with E-state index in [0.29, 0.717) is 79.4 Å². The van der Waals surface area contributed by atoms with E-state index in [0.717, 1.165) is 153 Å². The van der Waals surface area contributed by atoms with Crippen molar-refractivity contribution >= 4 is 93.6 Å². The van der Waals surface area contributed by atoms with E-state index >= 15 is 0 Å². The number of ether oxygens (including phenoxy) is 4. The summed E-state index contributed by atoms with van der Waals surface area (Å²) in [6.07, 6.45) is 46.3. The molecule has 8 aliphatic rings. The first-order valence-corrected chi connectivity index (χ1v) is 47.6. The first kappa shape index (κ1) is 107. The van der Waals surface area contributed by atoms with Gasteiger partial charge < -0.3 is 98.7 Å². The molecule has 0 aromatic heterocycles. The highest BCUT2D eigenvalue weighted by molar-refractivity contribution is 6.34. The van der Waals surface area contributed by atoms with Gasteiger partial charge in [0.05, 0.1) is 32.9 Å². The van der Waals surface area contributed by atoms with Gasteiger partial charge >= 0.3 is 23.9 Å². The monoisotopic (exact) mass is 1920 g/mol. The first-order valence-electron chi connectivity index (χ1n) is 46.8. The number of likely N-dealkylation sites (tertiary alicyclic amines) is 4. The fourth-order valence-corrected chi connectivity index (χ4v) is 16.4. The lowest BCUT2D eigenvalue weighted by Gasteiger charge is -2.26. The first-order chi connectivity index (χ1) is 65.3. The summed E-state index contributed by atoms with van der Waals surface area (Å²) < 4.78 is 21.8. The summed E-state index contributed by atoms with van der Waals surface area (Å²) in [5.41, 5.74) is 2.34. The lowest BCUT2D eigenvalue weighted by atomic mass is 9.98. The number of nitrogens with zero attached hydrogens (tertiary/aromatic N) is 8. The van der Waals surface area contributed by atoms with Crippen LogP contribution in [0.15, 0.2) is 154 Å². The lowest BCUT2D eigenvalue weighted by molar-refractivity contribution is -0.137. The molecule has 0 bridgehead atoms. The summed E-state index contributed by atoms with van der Waals surface area (Å²) in [5.74, 6) is -5.14. The van der Waals surface area contributed by atoms with Crippen LogP contribution in [0.5, 0.6) is 46.0 Å². The van der Waals surface area contributed by atoms with Crippen molar-refractivity contribution in [3.8, 4) is 46.0 Å². The minimum atomic E-state index is -0.755. The molecule has 4 aromatic rings. The highest BCUT2D eigenvalue weighted by Gasteiger charge is 2.32. The normalized spacial score (nSPS) is 24.4. The molecule has 8 aliphatic heterocycles. The number of allylic oxidation sites excluding steroid dienone is 12. The number of aromatic hydroxyl groups is 8. The van der Waals surface area contributed by atoms with Gasteiger partial charge in [-0.2, -0.15) is 0 Å². The Bertz CT molecular complexity index is 5000. The van der Waals surface area contributed by atoms with E-state index in [1.807, 2.05) is 67.7 Å². The van der Waals surface area contributed by atoms with Crippen LogP contribution in [0, 0.1) is 23.7 Å². The van der Waals surface area contributed by atoms with Crippen LogP contribution in [-0.4, -0.2) is 235 Å². The average molecular weight is 1920 g/mol. The fraction of sp³-hybridized carbons (Fsp3) is 0.490. The average Bonchev–Trinajstić information content (AvgIpc) is 0.812.